The van der Waals surface area contributed by atoms with E-state index in [4.69, 9.17) is 0 Å². The molecular formula is C13H15FN2O. The summed E-state index contributed by atoms with van der Waals surface area (Å²) in [5, 5.41) is 0. The molecule has 1 aromatic rings. The molecule has 0 spiro atoms. The number of aromatic nitrogens is 2. The Hall–Kier alpha value is -1.58. The predicted molar refractivity (Wildman–Crippen MR) is 63.2 cm³/mol. The molecule has 90 valence electrons. The first-order valence-electron chi connectivity index (χ1n) is 6.03. The van der Waals surface area contributed by atoms with Gasteiger partial charge in [0.25, 0.3) is 0 Å². The zero-order valence-electron chi connectivity index (χ0n) is 9.45. The van der Waals surface area contributed by atoms with Gasteiger partial charge in [-0.25, -0.2) is 9.18 Å². The van der Waals surface area contributed by atoms with Crippen LogP contribution in [0.1, 0.15) is 18.5 Å². The molecule has 4 heteroatoms. The maximum Gasteiger partial charge on any atom is 0.323 e. The first-order chi connectivity index (χ1) is 8.20. The maximum absolute atomic E-state index is 13.1. The molecule has 0 aromatic carbocycles. The average molecular weight is 234 g/mol. The summed E-state index contributed by atoms with van der Waals surface area (Å²) in [5.41, 5.74) is 0.799. The number of H-pyrrole nitrogens is 2. The number of fused-ring (bicyclic) bond motifs is 1. The number of halogens is 1. The Labute approximate surface area is 98.4 Å². The minimum Gasteiger partial charge on any atom is -0.313 e. The molecule has 2 aliphatic carbocycles. The highest BCUT2D eigenvalue weighted by Crippen LogP contribution is 2.42. The minimum absolute atomic E-state index is 0.109. The third kappa shape index (κ3) is 2.12. The topological polar surface area (TPSA) is 48.6 Å². The molecular weight excluding hydrogens is 219 g/mol. The molecule has 1 heterocycles. The van der Waals surface area contributed by atoms with Crippen molar-refractivity contribution in [3.63, 3.8) is 0 Å². The molecule has 0 radical (unpaired) electrons. The van der Waals surface area contributed by atoms with E-state index in [1.165, 1.54) is 0 Å². The number of nitrogens with one attached hydrogen (secondary N) is 2. The number of imidazole rings is 1. The number of hydrogen-bond donors (Lipinski definition) is 2. The second-order valence-corrected chi connectivity index (χ2v) is 5.05. The van der Waals surface area contributed by atoms with Gasteiger partial charge in [-0.2, -0.15) is 0 Å². The molecule has 2 N–H and O–H groups in total. The number of hydrogen-bond acceptors (Lipinski definition) is 1. The van der Waals surface area contributed by atoms with Crippen LogP contribution in [0.2, 0.25) is 0 Å². The van der Waals surface area contributed by atoms with Gasteiger partial charge in [-0.3, -0.25) is 0 Å². The van der Waals surface area contributed by atoms with E-state index in [1.807, 2.05) is 6.08 Å². The van der Waals surface area contributed by atoms with E-state index in [-0.39, 0.29) is 11.5 Å². The Balaban J connectivity index is 1.68. The van der Waals surface area contributed by atoms with Crippen molar-refractivity contribution in [2.24, 2.45) is 17.8 Å². The van der Waals surface area contributed by atoms with Crippen molar-refractivity contribution in [1.29, 1.82) is 0 Å². The molecule has 1 aromatic heterocycles. The van der Waals surface area contributed by atoms with Gasteiger partial charge in [0.15, 0.2) is 0 Å². The van der Waals surface area contributed by atoms with Crippen LogP contribution in [0, 0.1) is 17.8 Å². The molecule has 1 saturated carbocycles. The summed E-state index contributed by atoms with van der Waals surface area (Å²) >= 11 is 0. The SMILES string of the molecule is O=c1[nH]cc(CC2CC3C=CC(F)=CC3C2)[nH]1. The van der Waals surface area contributed by atoms with Gasteiger partial charge in [0.05, 0.1) is 0 Å². The molecule has 0 aliphatic heterocycles. The monoisotopic (exact) mass is 234 g/mol. The molecule has 0 saturated heterocycles. The summed E-state index contributed by atoms with van der Waals surface area (Å²) < 4.78 is 13.1. The lowest BCUT2D eigenvalue weighted by molar-refractivity contribution is 0.517. The zero-order chi connectivity index (χ0) is 11.8. The van der Waals surface area contributed by atoms with Crippen LogP contribution in [-0.4, -0.2) is 9.97 Å². The van der Waals surface area contributed by atoms with E-state index in [0.717, 1.165) is 25.0 Å². The molecule has 3 nitrogen and oxygen atoms in total. The van der Waals surface area contributed by atoms with Crippen LogP contribution in [-0.2, 0) is 6.42 Å². The molecule has 3 atom stereocenters. The summed E-state index contributed by atoms with van der Waals surface area (Å²) in [5.74, 6) is 1.24. The average Bonchev–Trinajstić information content (AvgIpc) is 2.84. The Bertz CT molecular complexity index is 526. The molecule has 3 rings (SSSR count). The molecule has 3 unspecified atom stereocenters. The number of aromatic amines is 2. The molecule has 0 amide bonds. The highest BCUT2D eigenvalue weighted by atomic mass is 19.1. The summed E-state index contributed by atoms with van der Waals surface area (Å²) in [6, 6.07) is 0. The van der Waals surface area contributed by atoms with Gasteiger partial charge in [-0.1, -0.05) is 6.08 Å². The fraction of sp³-hybridized carbons (Fsp3) is 0.462. The highest BCUT2D eigenvalue weighted by molar-refractivity contribution is 5.22. The second-order valence-electron chi connectivity index (χ2n) is 5.05. The van der Waals surface area contributed by atoms with Crippen LogP contribution in [0.3, 0.4) is 0 Å². The highest BCUT2D eigenvalue weighted by Gasteiger charge is 2.33. The van der Waals surface area contributed by atoms with Gasteiger partial charge in [0.1, 0.15) is 5.83 Å². The van der Waals surface area contributed by atoms with Crippen LogP contribution in [0.5, 0.6) is 0 Å². The lowest BCUT2D eigenvalue weighted by Crippen LogP contribution is -2.05. The van der Waals surface area contributed by atoms with E-state index in [1.54, 1.807) is 18.3 Å². The summed E-state index contributed by atoms with van der Waals surface area (Å²) in [6.45, 7) is 0. The van der Waals surface area contributed by atoms with E-state index in [0.29, 0.717) is 17.8 Å². The van der Waals surface area contributed by atoms with Crippen molar-refractivity contribution < 1.29 is 4.39 Å². The first kappa shape index (κ1) is 10.6. The van der Waals surface area contributed by atoms with Crippen LogP contribution < -0.4 is 5.69 Å². The summed E-state index contributed by atoms with van der Waals surface area (Å²) in [7, 11) is 0. The van der Waals surface area contributed by atoms with Crippen LogP contribution >= 0.6 is 0 Å². The van der Waals surface area contributed by atoms with Crippen molar-refractivity contribution in [2.45, 2.75) is 19.3 Å². The normalized spacial score (nSPS) is 31.4. The van der Waals surface area contributed by atoms with E-state index < -0.39 is 0 Å². The predicted octanol–water partition coefficient (Wildman–Crippen LogP) is 2.31. The second kappa shape index (κ2) is 4.02. The Morgan fingerprint density at radius 1 is 1.35 bits per heavy atom. The summed E-state index contributed by atoms with van der Waals surface area (Å²) in [6.07, 6.45) is 9.99. The summed E-state index contributed by atoms with van der Waals surface area (Å²) in [4.78, 5) is 16.4. The van der Waals surface area contributed by atoms with Gasteiger partial charge in [0, 0.05) is 11.9 Å². The fourth-order valence-electron chi connectivity index (χ4n) is 3.06. The van der Waals surface area contributed by atoms with Crippen molar-refractivity contribution in [3.8, 4) is 0 Å². The molecule has 0 bridgehead atoms. The lowest BCUT2D eigenvalue weighted by Gasteiger charge is -2.14. The minimum atomic E-state index is -0.152. The molecule has 1 fully saturated rings. The third-order valence-corrected chi connectivity index (χ3v) is 3.80. The fourth-order valence-corrected chi connectivity index (χ4v) is 3.06. The lowest BCUT2D eigenvalue weighted by atomic mass is 9.92. The smallest absolute Gasteiger partial charge is 0.313 e. The first-order valence-corrected chi connectivity index (χ1v) is 6.03. The van der Waals surface area contributed by atoms with E-state index in [2.05, 4.69) is 9.97 Å². The van der Waals surface area contributed by atoms with Crippen LogP contribution in [0.4, 0.5) is 4.39 Å². The Morgan fingerprint density at radius 2 is 2.18 bits per heavy atom. The quantitative estimate of drug-likeness (QED) is 0.810. The largest absolute Gasteiger partial charge is 0.323 e. The van der Waals surface area contributed by atoms with Crippen LogP contribution in [0.25, 0.3) is 0 Å². The molecule has 2 aliphatic rings. The van der Waals surface area contributed by atoms with Crippen molar-refractivity contribution in [3.05, 3.63) is 46.4 Å². The van der Waals surface area contributed by atoms with E-state index >= 15 is 0 Å². The van der Waals surface area contributed by atoms with Crippen molar-refractivity contribution >= 4 is 0 Å². The maximum atomic E-state index is 13.1. The molecule has 17 heavy (non-hydrogen) atoms. The van der Waals surface area contributed by atoms with E-state index in [9.17, 15) is 9.18 Å². The third-order valence-electron chi connectivity index (χ3n) is 3.80. The zero-order valence-corrected chi connectivity index (χ0v) is 9.45. The van der Waals surface area contributed by atoms with Gasteiger partial charge in [0.2, 0.25) is 0 Å². The van der Waals surface area contributed by atoms with Gasteiger partial charge in [-0.15, -0.1) is 0 Å². The Kier molecular flexibility index (Phi) is 2.50. The van der Waals surface area contributed by atoms with Crippen molar-refractivity contribution in [2.75, 3.05) is 0 Å². The Morgan fingerprint density at radius 3 is 2.94 bits per heavy atom. The van der Waals surface area contributed by atoms with Crippen LogP contribution in [0.15, 0.2) is 35.0 Å². The number of allylic oxidation sites excluding steroid dienone is 4. The van der Waals surface area contributed by atoms with Gasteiger partial charge >= 0.3 is 5.69 Å². The van der Waals surface area contributed by atoms with Crippen molar-refractivity contribution in [1.82, 2.24) is 9.97 Å². The van der Waals surface area contributed by atoms with Gasteiger partial charge in [-0.05, 0) is 49.2 Å². The van der Waals surface area contributed by atoms with Gasteiger partial charge < -0.3 is 9.97 Å². The number of rotatable bonds is 2. The standard InChI is InChI=1S/C13H15FN2O/c14-11-2-1-9-3-8(4-10(9)6-11)5-12-7-15-13(17)16-12/h1-2,6-10H,3-5H2,(H2,15,16,17).